The van der Waals surface area contributed by atoms with Gasteiger partial charge in [-0.2, -0.15) is 0 Å². The predicted molar refractivity (Wildman–Crippen MR) is 52.7 cm³/mol. The molecule has 0 aromatic carbocycles. The summed E-state index contributed by atoms with van der Waals surface area (Å²) in [4.78, 5) is 11.3. The zero-order valence-corrected chi connectivity index (χ0v) is 8.90. The van der Waals surface area contributed by atoms with E-state index in [1.807, 2.05) is 6.92 Å². The summed E-state index contributed by atoms with van der Waals surface area (Å²) in [5.74, 6) is -1.20. The fourth-order valence-electron chi connectivity index (χ4n) is 1.01. The number of hydrogen-bond donors (Lipinski definition) is 2. The van der Waals surface area contributed by atoms with Crippen LogP contribution in [0.2, 0.25) is 0 Å². The van der Waals surface area contributed by atoms with Gasteiger partial charge >= 0.3 is 5.97 Å². The standard InChI is InChI=1S/C10H20O4/c1-3-4-5-14-10(13)8(2)9(6-11)7-12/h8-9,11-12H,3-7H2,1-2H3. The molecule has 1 atom stereocenters. The van der Waals surface area contributed by atoms with Gasteiger partial charge in [-0.1, -0.05) is 20.3 Å². The van der Waals surface area contributed by atoms with Gasteiger partial charge in [0.1, 0.15) is 0 Å². The molecule has 4 nitrogen and oxygen atoms in total. The van der Waals surface area contributed by atoms with Crippen LogP contribution in [0.4, 0.5) is 0 Å². The fourth-order valence-corrected chi connectivity index (χ4v) is 1.01. The van der Waals surface area contributed by atoms with Crippen molar-refractivity contribution < 1.29 is 19.7 Å². The van der Waals surface area contributed by atoms with Crippen molar-refractivity contribution >= 4 is 5.97 Å². The van der Waals surface area contributed by atoms with Crippen LogP contribution in [0, 0.1) is 11.8 Å². The van der Waals surface area contributed by atoms with Gasteiger partial charge in [0.05, 0.1) is 12.5 Å². The highest BCUT2D eigenvalue weighted by atomic mass is 16.5. The maximum atomic E-state index is 11.3. The van der Waals surface area contributed by atoms with Gasteiger partial charge in [0.2, 0.25) is 0 Å². The molecule has 0 fully saturated rings. The molecule has 4 heteroatoms. The van der Waals surface area contributed by atoms with Crippen molar-refractivity contribution in [3.8, 4) is 0 Å². The van der Waals surface area contributed by atoms with Crippen molar-refractivity contribution in [2.75, 3.05) is 19.8 Å². The van der Waals surface area contributed by atoms with Crippen LogP contribution >= 0.6 is 0 Å². The third-order valence-electron chi connectivity index (χ3n) is 2.29. The smallest absolute Gasteiger partial charge is 0.309 e. The Hall–Kier alpha value is -0.610. The molecule has 84 valence electrons. The molecule has 0 spiro atoms. The average Bonchev–Trinajstić information content (AvgIpc) is 2.19. The summed E-state index contributed by atoms with van der Waals surface area (Å²) in [6.07, 6.45) is 1.83. The van der Waals surface area contributed by atoms with E-state index in [0.717, 1.165) is 12.8 Å². The molecule has 0 aliphatic carbocycles. The Morgan fingerprint density at radius 3 is 2.36 bits per heavy atom. The Bertz CT molecular complexity index is 154. The molecular formula is C10H20O4. The molecule has 1 unspecified atom stereocenters. The van der Waals surface area contributed by atoms with Crippen LogP contribution in [0.5, 0.6) is 0 Å². The van der Waals surface area contributed by atoms with Crippen LogP contribution in [-0.2, 0) is 9.53 Å². The Kier molecular flexibility index (Phi) is 7.42. The molecule has 0 aliphatic heterocycles. The van der Waals surface area contributed by atoms with E-state index in [0.29, 0.717) is 6.61 Å². The lowest BCUT2D eigenvalue weighted by molar-refractivity contribution is -0.151. The van der Waals surface area contributed by atoms with Gasteiger partial charge in [0.25, 0.3) is 0 Å². The summed E-state index contributed by atoms with van der Waals surface area (Å²) in [5, 5.41) is 17.7. The second-order valence-corrected chi connectivity index (χ2v) is 3.43. The topological polar surface area (TPSA) is 66.8 Å². The Labute approximate surface area is 84.9 Å². The van der Waals surface area contributed by atoms with Crippen LogP contribution in [0.25, 0.3) is 0 Å². The SMILES string of the molecule is CCCCOC(=O)C(C)C(CO)CO. The lowest BCUT2D eigenvalue weighted by Gasteiger charge is -2.18. The van der Waals surface area contributed by atoms with Crippen LogP contribution in [0.1, 0.15) is 26.7 Å². The van der Waals surface area contributed by atoms with Crippen LogP contribution in [-0.4, -0.2) is 36.0 Å². The highest BCUT2D eigenvalue weighted by Gasteiger charge is 2.23. The van der Waals surface area contributed by atoms with E-state index in [1.54, 1.807) is 6.92 Å². The normalized spacial score (nSPS) is 12.9. The Morgan fingerprint density at radius 1 is 1.36 bits per heavy atom. The molecule has 0 aromatic rings. The average molecular weight is 204 g/mol. The van der Waals surface area contributed by atoms with Gasteiger partial charge < -0.3 is 14.9 Å². The monoisotopic (exact) mass is 204 g/mol. The maximum Gasteiger partial charge on any atom is 0.309 e. The van der Waals surface area contributed by atoms with Gasteiger partial charge in [-0.3, -0.25) is 4.79 Å². The number of aliphatic hydroxyl groups is 2. The zero-order chi connectivity index (χ0) is 11.0. The highest BCUT2D eigenvalue weighted by molar-refractivity contribution is 5.72. The van der Waals surface area contributed by atoms with E-state index in [4.69, 9.17) is 14.9 Å². The van der Waals surface area contributed by atoms with Crippen LogP contribution in [0.3, 0.4) is 0 Å². The minimum Gasteiger partial charge on any atom is -0.465 e. The lowest BCUT2D eigenvalue weighted by atomic mass is 9.96. The predicted octanol–water partition coefficient (Wildman–Crippen LogP) is 0.567. The van der Waals surface area contributed by atoms with Crippen molar-refractivity contribution in [1.29, 1.82) is 0 Å². The first-order valence-corrected chi connectivity index (χ1v) is 5.05. The van der Waals surface area contributed by atoms with E-state index in [1.165, 1.54) is 0 Å². The molecule has 2 N–H and O–H groups in total. The quantitative estimate of drug-likeness (QED) is 0.470. The number of ether oxygens (including phenoxy) is 1. The van der Waals surface area contributed by atoms with Crippen LogP contribution in [0.15, 0.2) is 0 Å². The maximum absolute atomic E-state index is 11.3. The summed E-state index contributed by atoms with van der Waals surface area (Å²) >= 11 is 0. The number of unbranched alkanes of at least 4 members (excludes halogenated alkanes) is 1. The number of hydrogen-bond acceptors (Lipinski definition) is 4. The molecule has 0 aromatic heterocycles. The van der Waals surface area contributed by atoms with Crippen molar-refractivity contribution in [3.63, 3.8) is 0 Å². The fraction of sp³-hybridized carbons (Fsp3) is 0.900. The molecule has 0 radical (unpaired) electrons. The minimum absolute atomic E-state index is 0.194. The summed E-state index contributed by atoms with van der Waals surface area (Å²) in [6.45, 7) is 3.71. The van der Waals surface area contributed by atoms with Crippen molar-refractivity contribution in [1.82, 2.24) is 0 Å². The molecule has 0 saturated heterocycles. The van der Waals surface area contributed by atoms with Crippen LogP contribution < -0.4 is 0 Å². The largest absolute Gasteiger partial charge is 0.465 e. The van der Waals surface area contributed by atoms with E-state index in [-0.39, 0.29) is 19.2 Å². The van der Waals surface area contributed by atoms with Gasteiger partial charge in [0, 0.05) is 19.1 Å². The van der Waals surface area contributed by atoms with Gasteiger partial charge in [-0.15, -0.1) is 0 Å². The molecular weight excluding hydrogens is 184 g/mol. The first-order valence-electron chi connectivity index (χ1n) is 5.05. The van der Waals surface area contributed by atoms with Crippen molar-refractivity contribution in [2.24, 2.45) is 11.8 Å². The molecule has 14 heavy (non-hydrogen) atoms. The zero-order valence-electron chi connectivity index (χ0n) is 8.90. The molecule has 0 aliphatic rings. The molecule has 0 saturated carbocycles. The number of esters is 1. The van der Waals surface area contributed by atoms with E-state index in [2.05, 4.69) is 0 Å². The third kappa shape index (κ3) is 4.58. The van der Waals surface area contributed by atoms with E-state index in [9.17, 15) is 4.79 Å². The summed E-state index contributed by atoms with van der Waals surface area (Å²) in [7, 11) is 0. The Morgan fingerprint density at radius 2 is 1.93 bits per heavy atom. The van der Waals surface area contributed by atoms with Crippen molar-refractivity contribution in [3.05, 3.63) is 0 Å². The second-order valence-electron chi connectivity index (χ2n) is 3.43. The third-order valence-corrected chi connectivity index (χ3v) is 2.29. The summed E-state index contributed by atoms with van der Waals surface area (Å²) in [5.41, 5.74) is 0. The van der Waals surface area contributed by atoms with E-state index < -0.39 is 11.8 Å². The van der Waals surface area contributed by atoms with Gasteiger partial charge in [-0.05, 0) is 6.42 Å². The first kappa shape index (κ1) is 13.4. The second kappa shape index (κ2) is 7.76. The lowest BCUT2D eigenvalue weighted by Crippen LogP contribution is -2.28. The van der Waals surface area contributed by atoms with Gasteiger partial charge in [-0.25, -0.2) is 0 Å². The van der Waals surface area contributed by atoms with E-state index >= 15 is 0 Å². The molecule has 0 bridgehead atoms. The number of carbonyl (C=O) groups excluding carboxylic acids is 1. The molecule has 0 rings (SSSR count). The minimum atomic E-state index is -0.443. The summed E-state index contributed by atoms with van der Waals surface area (Å²) in [6, 6.07) is 0. The molecule has 0 heterocycles. The number of aliphatic hydroxyl groups excluding tert-OH is 2. The first-order chi connectivity index (χ1) is 6.67. The number of rotatable bonds is 7. The number of carbonyl (C=O) groups is 1. The molecule has 0 amide bonds. The summed E-state index contributed by atoms with van der Waals surface area (Å²) < 4.78 is 4.97. The van der Waals surface area contributed by atoms with Gasteiger partial charge in [0.15, 0.2) is 0 Å². The highest BCUT2D eigenvalue weighted by Crippen LogP contribution is 2.12. The Balaban J connectivity index is 3.84. The van der Waals surface area contributed by atoms with Crippen molar-refractivity contribution in [2.45, 2.75) is 26.7 Å².